The van der Waals surface area contributed by atoms with Crippen molar-refractivity contribution >= 4 is 11.8 Å². The first-order valence-electron chi connectivity index (χ1n) is 4.86. The minimum absolute atomic E-state index is 0.252. The first-order chi connectivity index (χ1) is 7.49. The van der Waals surface area contributed by atoms with Crippen molar-refractivity contribution in [3.05, 3.63) is 35.1 Å². The van der Waals surface area contributed by atoms with E-state index < -0.39 is 23.5 Å². The summed E-state index contributed by atoms with van der Waals surface area (Å²) in [6.45, 7) is 1.73. The molecule has 0 radical (unpaired) electrons. The Labute approximate surface area is 92.4 Å². The van der Waals surface area contributed by atoms with Gasteiger partial charge in [-0.05, 0) is 18.1 Å². The Kier molecular flexibility index (Phi) is 3.60. The normalized spacial score (nSPS) is 12.1. The summed E-state index contributed by atoms with van der Waals surface area (Å²) in [7, 11) is 0. The highest BCUT2D eigenvalue weighted by atomic mass is 19.1. The molecule has 0 fully saturated rings. The second-order valence-electron chi connectivity index (χ2n) is 3.43. The largest absolute Gasteiger partial charge is 0.369 e. The first kappa shape index (κ1) is 12.2. The lowest BCUT2D eigenvalue weighted by Crippen LogP contribution is -2.25. The maximum atomic E-state index is 13.4. The molecule has 1 aromatic carbocycles. The maximum absolute atomic E-state index is 13.4. The van der Waals surface area contributed by atoms with Crippen molar-refractivity contribution in [3.8, 4) is 0 Å². The molecule has 16 heavy (non-hydrogen) atoms. The van der Waals surface area contributed by atoms with Crippen molar-refractivity contribution in [2.24, 2.45) is 11.5 Å². The highest BCUT2D eigenvalue weighted by molar-refractivity contribution is 5.97. The van der Waals surface area contributed by atoms with Gasteiger partial charge in [0.05, 0.1) is 11.5 Å². The quantitative estimate of drug-likeness (QED) is 0.796. The summed E-state index contributed by atoms with van der Waals surface area (Å²) in [5, 5.41) is 0. The number of primary amides is 2. The smallest absolute Gasteiger partial charge is 0.251 e. The van der Waals surface area contributed by atoms with Crippen molar-refractivity contribution in [1.82, 2.24) is 0 Å². The van der Waals surface area contributed by atoms with Gasteiger partial charge < -0.3 is 11.5 Å². The van der Waals surface area contributed by atoms with Crippen LogP contribution in [0.3, 0.4) is 0 Å². The van der Waals surface area contributed by atoms with Crippen LogP contribution in [0.25, 0.3) is 0 Å². The molecule has 4 nitrogen and oxygen atoms in total. The minimum Gasteiger partial charge on any atom is -0.369 e. The highest BCUT2D eigenvalue weighted by Crippen LogP contribution is 2.24. The van der Waals surface area contributed by atoms with Crippen molar-refractivity contribution in [2.75, 3.05) is 0 Å². The van der Waals surface area contributed by atoms with E-state index in [1.165, 1.54) is 12.1 Å². The first-order valence-corrected chi connectivity index (χ1v) is 4.86. The van der Waals surface area contributed by atoms with E-state index in [0.29, 0.717) is 6.42 Å². The topological polar surface area (TPSA) is 86.2 Å². The summed E-state index contributed by atoms with van der Waals surface area (Å²) in [5.41, 5.74) is 10.3. The fourth-order valence-electron chi connectivity index (χ4n) is 1.67. The molecule has 0 aliphatic heterocycles. The third-order valence-electron chi connectivity index (χ3n) is 2.42. The van der Waals surface area contributed by atoms with Crippen LogP contribution in [-0.4, -0.2) is 11.8 Å². The van der Waals surface area contributed by atoms with Crippen molar-refractivity contribution in [2.45, 2.75) is 19.3 Å². The predicted octanol–water partition coefficient (Wildman–Crippen LogP) is 0.904. The van der Waals surface area contributed by atoms with Gasteiger partial charge in [0.2, 0.25) is 5.91 Å². The third kappa shape index (κ3) is 2.18. The number of amides is 2. The zero-order valence-corrected chi connectivity index (χ0v) is 8.87. The Morgan fingerprint density at radius 1 is 1.38 bits per heavy atom. The molecular formula is C11H13FN2O2. The van der Waals surface area contributed by atoms with Crippen LogP contribution in [0.2, 0.25) is 0 Å². The van der Waals surface area contributed by atoms with E-state index in [9.17, 15) is 14.0 Å². The van der Waals surface area contributed by atoms with Crippen LogP contribution in [0, 0.1) is 5.82 Å². The summed E-state index contributed by atoms with van der Waals surface area (Å²) < 4.78 is 13.4. The average Bonchev–Trinajstić information content (AvgIpc) is 2.17. The Morgan fingerprint density at radius 2 is 2.00 bits per heavy atom. The van der Waals surface area contributed by atoms with Crippen LogP contribution >= 0.6 is 0 Å². The molecule has 1 atom stereocenters. The van der Waals surface area contributed by atoms with Crippen LogP contribution < -0.4 is 11.5 Å². The van der Waals surface area contributed by atoms with Crippen LogP contribution in [0.15, 0.2) is 18.2 Å². The van der Waals surface area contributed by atoms with Crippen LogP contribution in [0.1, 0.15) is 35.2 Å². The van der Waals surface area contributed by atoms with Gasteiger partial charge in [-0.3, -0.25) is 9.59 Å². The van der Waals surface area contributed by atoms with Crippen LogP contribution in [-0.2, 0) is 4.79 Å². The number of nitrogens with two attached hydrogens (primary N) is 2. The Hall–Kier alpha value is -1.91. The lowest BCUT2D eigenvalue weighted by atomic mass is 9.91. The summed E-state index contributed by atoms with van der Waals surface area (Å²) >= 11 is 0. The number of halogens is 1. The second kappa shape index (κ2) is 4.74. The zero-order valence-electron chi connectivity index (χ0n) is 8.87. The van der Waals surface area contributed by atoms with E-state index in [0.717, 1.165) is 6.07 Å². The molecule has 0 aromatic heterocycles. The molecule has 0 unspecified atom stereocenters. The van der Waals surface area contributed by atoms with E-state index in [1.54, 1.807) is 6.92 Å². The van der Waals surface area contributed by atoms with Gasteiger partial charge in [0.25, 0.3) is 5.91 Å². The number of hydrogen-bond acceptors (Lipinski definition) is 2. The van der Waals surface area contributed by atoms with Gasteiger partial charge in [0, 0.05) is 0 Å². The number of benzene rings is 1. The molecule has 0 bridgehead atoms. The zero-order chi connectivity index (χ0) is 12.3. The van der Waals surface area contributed by atoms with E-state index in [-0.39, 0.29) is 11.1 Å². The molecule has 4 N–H and O–H groups in total. The Morgan fingerprint density at radius 3 is 2.44 bits per heavy atom. The minimum atomic E-state index is -0.896. The summed E-state index contributed by atoms with van der Waals surface area (Å²) in [6.07, 6.45) is 0.388. The molecule has 0 aliphatic rings. The molecule has 86 valence electrons. The van der Waals surface area contributed by atoms with Crippen molar-refractivity contribution in [3.63, 3.8) is 0 Å². The number of carbonyl (C=O) groups is 2. The number of rotatable bonds is 4. The van der Waals surface area contributed by atoms with Crippen LogP contribution in [0.5, 0.6) is 0 Å². The average molecular weight is 224 g/mol. The fraction of sp³-hybridized carbons (Fsp3) is 0.273. The molecular weight excluding hydrogens is 211 g/mol. The molecule has 1 rings (SSSR count). The molecule has 5 heteroatoms. The van der Waals surface area contributed by atoms with E-state index >= 15 is 0 Å². The fourth-order valence-corrected chi connectivity index (χ4v) is 1.67. The molecule has 0 heterocycles. The number of carbonyl (C=O) groups excluding carboxylic acids is 2. The van der Waals surface area contributed by atoms with Crippen LogP contribution in [0.4, 0.5) is 4.39 Å². The van der Waals surface area contributed by atoms with E-state index in [1.807, 2.05) is 0 Å². The lowest BCUT2D eigenvalue weighted by Gasteiger charge is -2.14. The monoisotopic (exact) mass is 224 g/mol. The molecule has 1 aromatic rings. The van der Waals surface area contributed by atoms with E-state index in [4.69, 9.17) is 11.5 Å². The standard InChI is InChI=1S/C11H13FN2O2/c1-2-6(10(13)15)7-4-3-5-8(12)9(7)11(14)16/h3-6H,2H2,1H3,(H2,13,15)(H2,14,16)/t6-/m0/s1. The van der Waals surface area contributed by atoms with Gasteiger partial charge in [-0.15, -0.1) is 0 Å². The van der Waals surface area contributed by atoms with Crippen molar-refractivity contribution < 1.29 is 14.0 Å². The van der Waals surface area contributed by atoms with Gasteiger partial charge in [-0.25, -0.2) is 4.39 Å². The van der Waals surface area contributed by atoms with Gasteiger partial charge in [0.15, 0.2) is 0 Å². The Balaban J connectivity index is 3.37. The number of hydrogen-bond donors (Lipinski definition) is 2. The molecule has 0 saturated carbocycles. The maximum Gasteiger partial charge on any atom is 0.251 e. The molecule has 0 aliphatic carbocycles. The van der Waals surface area contributed by atoms with Gasteiger partial charge in [-0.2, -0.15) is 0 Å². The highest BCUT2D eigenvalue weighted by Gasteiger charge is 2.23. The molecule has 0 spiro atoms. The lowest BCUT2D eigenvalue weighted by molar-refractivity contribution is -0.119. The summed E-state index contributed by atoms with van der Waals surface area (Å²) in [6, 6.07) is 4.03. The summed E-state index contributed by atoms with van der Waals surface area (Å²) in [5.74, 6) is -2.92. The van der Waals surface area contributed by atoms with E-state index in [2.05, 4.69) is 0 Å². The van der Waals surface area contributed by atoms with Gasteiger partial charge >= 0.3 is 0 Å². The van der Waals surface area contributed by atoms with Crippen molar-refractivity contribution in [1.29, 1.82) is 0 Å². The summed E-state index contributed by atoms with van der Waals surface area (Å²) in [4.78, 5) is 22.3. The SMILES string of the molecule is CC[C@H](C(N)=O)c1cccc(F)c1C(N)=O. The predicted molar refractivity (Wildman–Crippen MR) is 57.1 cm³/mol. The van der Waals surface area contributed by atoms with Gasteiger partial charge in [-0.1, -0.05) is 19.1 Å². The Bertz CT molecular complexity index is 432. The second-order valence-corrected chi connectivity index (χ2v) is 3.43. The third-order valence-corrected chi connectivity index (χ3v) is 2.42. The molecule has 0 saturated heterocycles. The van der Waals surface area contributed by atoms with Gasteiger partial charge in [0.1, 0.15) is 5.82 Å². The molecule has 2 amide bonds.